The number of nitrogens with zero attached hydrogens (tertiary/aromatic N) is 1. The van der Waals surface area contributed by atoms with E-state index in [1.165, 1.54) is 4.31 Å². The lowest BCUT2D eigenvalue weighted by Gasteiger charge is -2.38. The van der Waals surface area contributed by atoms with Crippen molar-refractivity contribution in [1.29, 1.82) is 0 Å². The molecule has 1 saturated heterocycles. The summed E-state index contributed by atoms with van der Waals surface area (Å²) in [7, 11) is -3.58. The van der Waals surface area contributed by atoms with Crippen LogP contribution in [0.5, 0.6) is 0 Å². The predicted octanol–water partition coefficient (Wildman–Crippen LogP) is 2.67. The van der Waals surface area contributed by atoms with Gasteiger partial charge in [-0.3, -0.25) is 0 Å². The Labute approximate surface area is 137 Å². The first-order chi connectivity index (χ1) is 10.9. The molecule has 4 nitrogen and oxygen atoms in total. The summed E-state index contributed by atoms with van der Waals surface area (Å²) in [5.41, 5.74) is 0.657. The van der Waals surface area contributed by atoms with E-state index in [9.17, 15) is 13.5 Å². The van der Waals surface area contributed by atoms with E-state index < -0.39 is 15.6 Å². The van der Waals surface area contributed by atoms with E-state index in [0.29, 0.717) is 19.4 Å². The van der Waals surface area contributed by atoms with Gasteiger partial charge in [-0.1, -0.05) is 48.0 Å². The molecule has 0 radical (unpaired) electrons. The average Bonchev–Trinajstić information content (AvgIpc) is 2.56. The number of hydrogen-bond acceptors (Lipinski definition) is 3. The standard InChI is InChI=1S/C18H21NO3S/c1-15-8-10-17(11-9-15)23(21,22)19-13-5-12-18(20,14-19)16-6-3-2-4-7-16/h2-4,6-11,20H,5,12-14H2,1H3. The van der Waals surface area contributed by atoms with Gasteiger partial charge < -0.3 is 5.11 Å². The number of benzene rings is 2. The number of rotatable bonds is 3. The van der Waals surface area contributed by atoms with E-state index in [4.69, 9.17) is 0 Å². The fourth-order valence-electron chi connectivity index (χ4n) is 3.05. The molecule has 1 N–H and O–H groups in total. The fourth-order valence-corrected chi connectivity index (χ4v) is 4.58. The van der Waals surface area contributed by atoms with Gasteiger partial charge in [-0.25, -0.2) is 8.42 Å². The molecular formula is C18H21NO3S. The Morgan fingerprint density at radius 2 is 1.70 bits per heavy atom. The van der Waals surface area contributed by atoms with Crippen LogP contribution in [0.25, 0.3) is 0 Å². The Bertz CT molecular complexity index is 772. The number of piperidine rings is 1. The fraction of sp³-hybridized carbons (Fsp3) is 0.333. The molecule has 1 aliphatic rings. The van der Waals surface area contributed by atoms with Gasteiger partial charge in [0.1, 0.15) is 5.60 Å². The Morgan fingerprint density at radius 3 is 2.35 bits per heavy atom. The van der Waals surface area contributed by atoms with Gasteiger partial charge in [0.2, 0.25) is 10.0 Å². The highest BCUT2D eigenvalue weighted by molar-refractivity contribution is 7.89. The van der Waals surface area contributed by atoms with Crippen molar-refractivity contribution in [1.82, 2.24) is 4.31 Å². The maximum Gasteiger partial charge on any atom is 0.243 e. The van der Waals surface area contributed by atoms with Crippen LogP contribution in [-0.4, -0.2) is 30.9 Å². The second-order valence-corrected chi connectivity index (χ2v) is 8.09. The highest BCUT2D eigenvalue weighted by Crippen LogP contribution is 2.33. The minimum atomic E-state index is -3.58. The monoisotopic (exact) mass is 331 g/mol. The van der Waals surface area contributed by atoms with Crippen LogP contribution in [0.3, 0.4) is 0 Å². The lowest BCUT2D eigenvalue weighted by Crippen LogP contribution is -2.48. The zero-order valence-corrected chi connectivity index (χ0v) is 14.0. The summed E-state index contributed by atoms with van der Waals surface area (Å²) in [5, 5.41) is 11.0. The lowest BCUT2D eigenvalue weighted by molar-refractivity contribution is -0.0124. The van der Waals surface area contributed by atoms with Gasteiger partial charge in [0.15, 0.2) is 0 Å². The van der Waals surface area contributed by atoms with Crippen LogP contribution in [0.2, 0.25) is 0 Å². The van der Waals surface area contributed by atoms with Crippen molar-refractivity contribution < 1.29 is 13.5 Å². The molecule has 122 valence electrons. The van der Waals surface area contributed by atoms with Gasteiger partial charge >= 0.3 is 0 Å². The second-order valence-electron chi connectivity index (χ2n) is 6.15. The molecule has 23 heavy (non-hydrogen) atoms. The number of aliphatic hydroxyl groups is 1. The molecular weight excluding hydrogens is 310 g/mol. The Kier molecular flexibility index (Phi) is 4.27. The first-order valence-corrected chi connectivity index (χ1v) is 9.21. The van der Waals surface area contributed by atoms with Gasteiger partial charge in [0.05, 0.1) is 4.90 Å². The Hall–Kier alpha value is -1.69. The van der Waals surface area contributed by atoms with Gasteiger partial charge in [0, 0.05) is 13.1 Å². The van der Waals surface area contributed by atoms with E-state index in [1.807, 2.05) is 37.3 Å². The average molecular weight is 331 g/mol. The minimum absolute atomic E-state index is 0.0905. The van der Waals surface area contributed by atoms with Crippen LogP contribution in [0.4, 0.5) is 0 Å². The van der Waals surface area contributed by atoms with Crippen molar-refractivity contribution >= 4 is 10.0 Å². The molecule has 5 heteroatoms. The molecule has 0 aliphatic carbocycles. The number of sulfonamides is 1. The van der Waals surface area contributed by atoms with E-state index in [1.54, 1.807) is 24.3 Å². The zero-order chi connectivity index (χ0) is 16.5. The molecule has 1 heterocycles. The lowest BCUT2D eigenvalue weighted by atomic mass is 9.87. The molecule has 1 aliphatic heterocycles. The molecule has 0 spiro atoms. The Morgan fingerprint density at radius 1 is 1.04 bits per heavy atom. The molecule has 1 fully saturated rings. The summed E-state index contributed by atoms with van der Waals surface area (Å²) >= 11 is 0. The van der Waals surface area contributed by atoms with E-state index in [2.05, 4.69) is 0 Å². The van der Waals surface area contributed by atoms with Crippen molar-refractivity contribution in [2.75, 3.05) is 13.1 Å². The molecule has 1 atom stereocenters. The van der Waals surface area contributed by atoms with Crippen molar-refractivity contribution in [3.8, 4) is 0 Å². The summed E-state index contributed by atoms with van der Waals surface area (Å²) in [5.74, 6) is 0. The molecule has 2 aromatic rings. The van der Waals surface area contributed by atoms with Crippen LogP contribution >= 0.6 is 0 Å². The molecule has 0 saturated carbocycles. The van der Waals surface area contributed by atoms with Crippen molar-refractivity contribution in [2.45, 2.75) is 30.3 Å². The number of hydrogen-bond donors (Lipinski definition) is 1. The van der Waals surface area contributed by atoms with Gasteiger partial charge in [-0.15, -0.1) is 0 Å². The molecule has 0 amide bonds. The van der Waals surface area contributed by atoms with Crippen LogP contribution in [0.1, 0.15) is 24.0 Å². The van der Waals surface area contributed by atoms with Crippen molar-refractivity contribution in [3.05, 3.63) is 65.7 Å². The van der Waals surface area contributed by atoms with E-state index in [0.717, 1.165) is 11.1 Å². The van der Waals surface area contributed by atoms with Crippen LogP contribution in [-0.2, 0) is 15.6 Å². The highest BCUT2D eigenvalue weighted by Gasteiger charge is 2.39. The predicted molar refractivity (Wildman–Crippen MR) is 89.5 cm³/mol. The summed E-state index contributed by atoms with van der Waals surface area (Å²) in [6.45, 7) is 2.45. The summed E-state index contributed by atoms with van der Waals surface area (Å²) in [6, 6.07) is 16.1. The third kappa shape index (κ3) is 3.17. The van der Waals surface area contributed by atoms with Gasteiger partial charge in [0.25, 0.3) is 0 Å². The van der Waals surface area contributed by atoms with Gasteiger partial charge in [-0.05, 0) is 37.5 Å². The molecule has 0 bridgehead atoms. The maximum absolute atomic E-state index is 12.8. The molecule has 2 aromatic carbocycles. The second kappa shape index (κ2) is 6.07. The topological polar surface area (TPSA) is 57.6 Å². The maximum atomic E-state index is 12.8. The first-order valence-electron chi connectivity index (χ1n) is 7.77. The summed E-state index contributed by atoms with van der Waals surface area (Å²) < 4.78 is 27.1. The van der Waals surface area contributed by atoms with Crippen LogP contribution in [0, 0.1) is 6.92 Å². The first kappa shape index (κ1) is 16.2. The largest absolute Gasteiger partial charge is 0.384 e. The van der Waals surface area contributed by atoms with Gasteiger partial charge in [-0.2, -0.15) is 4.31 Å². The minimum Gasteiger partial charge on any atom is -0.384 e. The van der Waals surface area contributed by atoms with Crippen molar-refractivity contribution in [3.63, 3.8) is 0 Å². The smallest absolute Gasteiger partial charge is 0.243 e. The SMILES string of the molecule is Cc1ccc(S(=O)(=O)N2CCCC(O)(c3ccccc3)C2)cc1. The van der Waals surface area contributed by atoms with Crippen LogP contribution in [0.15, 0.2) is 59.5 Å². The van der Waals surface area contributed by atoms with E-state index >= 15 is 0 Å². The van der Waals surface area contributed by atoms with Crippen LogP contribution < -0.4 is 0 Å². The molecule has 3 rings (SSSR count). The third-order valence-corrected chi connectivity index (χ3v) is 6.27. The Balaban J connectivity index is 1.90. The molecule has 1 unspecified atom stereocenters. The normalized spacial score (nSPS) is 22.9. The number of β-amino-alcohol motifs (C(OH)–C–C–N with tert-alkyl or cyclic N) is 1. The number of aryl methyl sites for hydroxylation is 1. The van der Waals surface area contributed by atoms with E-state index in [-0.39, 0.29) is 11.4 Å². The zero-order valence-electron chi connectivity index (χ0n) is 13.1. The molecule has 0 aromatic heterocycles. The quantitative estimate of drug-likeness (QED) is 0.941. The third-order valence-electron chi connectivity index (χ3n) is 4.41. The van der Waals surface area contributed by atoms with Crippen molar-refractivity contribution in [2.24, 2.45) is 0 Å². The summed E-state index contributed by atoms with van der Waals surface area (Å²) in [4.78, 5) is 0.278. The summed E-state index contributed by atoms with van der Waals surface area (Å²) in [6.07, 6.45) is 1.20. The highest BCUT2D eigenvalue weighted by atomic mass is 32.2.